The summed E-state index contributed by atoms with van der Waals surface area (Å²) in [6, 6.07) is 0.822. The van der Waals surface area contributed by atoms with Crippen LogP contribution in [0.15, 0.2) is 0 Å². The van der Waals surface area contributed by atoms with E-state index in [0.29, 0.717) is 0 Å². The van der Waals surface area contributed by atoms with Gasteiger partial charge in [-0.15, -0.1) is 0 Å². The molecule has 0 aromatic heterocycles. The molecule has 0 saturated carbocycles. The van der Waals surface area contributed by atoms with E-state index in [-0.39, 0.29) is 0 Å². The van der Waals surface area contributed by atoms with Crippen molar-refractivity contribution in [2.75, 3.05) is 26.7 Å². The van der Waals surface area contributed by atoms with Crippen LogP contribution in [0.3, 0.4) is 0 Å². The second kappa shape index (κ2) is 3.11. The second-order valence-electron chi connectivity index (χ2n) is 4.05. The molecule has 0 radical (unpaired) electrons. The van der Waals surface area contributed by atoms with E-state index in [1.165, 1.54) is 38.9 Å². The summed E-state index contributed by atoms with van der Waals surface area (Å²) in [5, 5.41) is 3.54. The largest absolute Gasteiger partial charge is 0.315 e. The van der Waals surface area contributed by atoms with Crippen molar-refractivity contribution in [1.82, 2.24) is 10.2 Å². The molecule has 2 aliphatic rings. The lowest BCUT2D eigenvalue weighted by molar-refractivity contribution is 0.247. The molecule has 0 aromatic rings. The van der Waals surface area contributed by atoms with Crippen LogP contribution in [0.4, 0.5) is 0 Å². The maximum Gasteiger partial charge on any atom is 0.0217 e. The van der Waals surface area contributed by atoms with Gasteiger partial charge >= 0.3 is 0 Å². The number of hydrogen-bond acceptors (Lipinski definition) is 2. The van der Waals surface area contributed by atoms with Gasteiger partial charge < -0.3 is 10.2 Å². The van der Waals surface area contributed by atoms with Gasteiger partial charge in [-0.2, -0.15) is 0 Å². The number of likely N-dealkylation sites (N-methyl/N-ethyl adjacent to an activating group) is 1. The topological polar surface area (TPSA) is 15.3 Å². The van der Waals surface area contributed by atoms with Crippen molar-refractivity contribution in [3.63, 3.8) is 0 Å². The van der Waals surface area contributed by atoms with Gasteiger partial charge in [0.1, 0.15) is 0 Å². The molecule has 1 N–H and O–H groups in total. The van der Waals surface area contributed by atoms with E-state index in [1.807, 2.05) is 0 Å². The van der Waals surface area contributed by atoms with Gasteiger partial charge in [0, 0.05) is 19.1 Å². The summed E-state index contributed by atoms with van der Waals surface area (Å²) in [5.74, 6) is 0.924. The molecule has 0 aromatic carbocycles. The van der Waals surface area contributed by atoms with Gasteiger partial charge in [-0.05, 0) is 32.4 Å². The number of nitrogens with zero attached hydrogens (tertiary/aromatic N) is 1. The van der Waals surface area contributed by atoms with Gasteiger partial charge in [-0.25, -0.2) is 0 Å². The van der Waals surface area contributed by atoms with Gasteiger partial charge in [0.15, 0.2) is 0 Å². The first kappa shape index (κ1) is 7.56. The zero-order valence-corrected chi connectivity index (χ0v) is 7.34. The van der Waals surface area contributed by atoms with Crippen molar-refractivity contribution < 1.29 is 0 Å². The molecule has 2 saturated heterocycles. The van der Waals surface area contributed by atoms with Crippen molar-refractivity contribution >= 4 is 0 Å². The molecule has 2 rings (SSSR count). The van der Waals surface area contributed by atoms with Crippen LogP contribution < -0.4 is 5.32 Å². The third kappa shape index (κ3) is 1.57. The van der Waals surface area contributed by atoms with E-state index in [9.17, 15) is 0 Å². The van der Waals surface area contributed by atoms with Crippen LogP contribution in [0.1, 0.15) is 19.3 Å². The summed E-state index contributed by atoms with van der Waals surface area (Å²) in [6.45, 7) is 3.78. The minimum atomic E-state index is 0.822. The summed E-state index contributed by atoms with van der Waals surface area (Å²) < 4.78 is 0. The lowest BCUT2D eigenvalue weighted by Crippen LogP contribution is -2.36. The molecule has 0 aliphatic carbocycles. The van der Waals surface area contributed by atoms with Crippen LogP contribution >= 0.6 is 0 Å². The molecule has 2 nitrogen and oxygen atoms in total. The predicted octanol–water partition coefficient (Wildman–Crippen LogP) is 0.690. The fraction of sp³-hybridized carbons (Fsp3) is 1.00. The standard InChI is InChI=1S/C9H18N2/c1-11-7-8-3-2-4-9(11)6-10-5-8/h8-10H,2-7H2,1H3/t8-,9+/m0/s1. The third-order valence-corrected chi connectivity index (χ3v) is 3.13. The highest BCUT2D eigenvalue weighted by Gasteiger charge is 2.25. The number of fused-ring (bicyclic) bond motifs is 3. The van der Waals surface area contributed by atoms with Gasteiger partial charge in [0.25, 0.3) is 0 Å². The van der Waals surface area contributed by atoms with Crippen LogP contribution in [0.2, 0.25) is 0 Å². The second-order valence-corrected chi connectivity index (χ2v) is 4.05. The van der Waals surface area contributed by atoms with E-state index < -0.39 is 0 Å². The Balaban J connectivity index is 2.08. The van der Waals surface area contributed by atoms with Gasteiger partial charge in [-0.3, -0.25) is 0 Å². The van der Waals surface area contributed by atoms with Crippen molar-refractivity contribution in [2.45, 2.75) is 25.3 Å². The van der Waals surface area contributed by atoms with E-state index in [0.717, 1.165) is 12.0 Å². The molecule has 11 heavy (non-hydrogen) atoms. The third-order valence-electron chi connectivity index (χ3n) is 3.13. The molecule has 2 aliphatic heterocycles. The average molecular weight is 154 g/mol. The average Bonchev–Trinajstić information content (AvgIpc) is 2.16. The Kier molecular flexibility index (Phi) is 2.14. The molecule has 64 valence electrons. The molecule has 2 atom stereocenters. The minimum Gasteiger partial charge on any atom is -0.315 e. The maximum atomic E-state index is 3.54. The van der Waals surface area contributed by atoms with Crippen LogP contribution in [0, 0.1) is 5.92 Å². The summed E-state index contributed by atoms with van der Waals surface area (Å²) in [7, 11) is 2.27. The molecular formula is C9H18N2. The fourth-order valence-electron chi connectivity index (χ4n) is 2.39. The van der Waals surface area contributed by atoms with Crippen LogP contribution in [0.25, 0.3) is 0 Å². The SMILES string of the molecule is CN1C[C@H]2CCC[C@@H]1CNC2. The Morgan fingerprint density at radius 1 is 1.27 bits per heavy atom. The van der Waals surface area contributed by atoms with Crippen molar-refractivity contribution in [1.29, 1.82) is 0 Å². The van der Waals surface area contributed by atoms with Gasteiger partial charge in [0.05, 0.1) is 0 Å². The Hall–Kier alpha value is -0.0800. The molecular weight excluding hydrogens is 136 g/mol. The van der Waals surface area contributed by atoms with Crippen molar-refractivity contribution in [2.24, 2.45) is 5.92 Å². The number of hydrogen-bond donors (Lipinski definition) is 1. The first-order valence-corrected chi connectivity index (χ1v) is 4.77. The van der Waals surface area contributed by atoms with Gasteiger partial charge in [-0.1, -0.05) is 6.42 Å². The summed E-state index contributed by atoms with van der Waals surface area (Å²) in [5.41, 5.74) is 0. The molecule has 0 spiro atoms. The smallest absolute Gasteiger partial charge is 0.0217 e. The first-order valence-electron chi connectivity index (χ1n) is 4.77. The lowest BCUT2D eigenvalue weighted by atomic mass is 10.0. The Bertz CT molecular complexity index is 126. The predicted molar refractivity (Wildman–Crippen MR) is 46.6 cm³/mol. The summed E-state index contributed by atoms with van der Waals surface area (Å²) >= 11 is 0. The normalized spacial score (nSPS) is 40.1. The van der Waals surface area contributed by atoms with Crippen LogP contribution in [-0.4, -0.2) is 37.6 Å². The molecule has 0 amide bonds. The highest BCUT2D eigenvalue weighted by Crippen LogP contribution is 2.21. The molecule has 2 fully saturated rings. The van der Waals surface area contributed by atoms with Gasteiger partial charge in [0.2, 0.25) is 0 Å². The molecule has 2 bridgehead atoms. The fourth-order valence-corrected chi connectivity index (χ4v) is 2.39. The molecule has 2 heteroatoms. The highest BCUT2D eigenvalue weighted by atomic mass is 15.2. The van der Waals surface area contributed by atoms with Crippen LogP contribution in [0.5, 0.6) is 0 Å². The Morgan fingerprint density at radius 2 is 2.18 bits per heavy atom. The first-order chi connectivity index (χ1) is 5.36. The summed E-state index contributed by atoms with van der Waals surface area (Å²) in [4.78, 5) is 2.54. The van der Waals surface area contributed by atoms with E-state index in [2.05, 4.69) is 17.3 Å². The maximum absolute atomic E-state index is 3.54. The lowest BCUT2D eigenvalue weighted by Gasteiger charge is -2.23. The monoisotopic (exact) mass is 154 g/mol. The Labute approximate surface area is 69.0 Å². The zero-order chi connectivity index (χ0) is 7.68. The Morgan fingerprint density at radius 3 is 3.09 bits per heavy atom. The van der Waals surface area contributed by atoms with E-state index in [4.69, 9.17) is 0 Å². The number of nitrogens with one attached hydrogen (secondary N) is 1. The van der Waals surface area contributed by atoms with Crippen molar-refractivity contribution in [3.8, 4) is 0 Å². The minimum absolute atomic E-state index is 0.822. The molecule has 0 unspecified atom stereocenters. The highest BCUT2D eigenvalue weighted by molar-refractivity contribution is 4.83. The molecule has 2 heterocycles. The zero-order valence-electron chi connectivity index (χ0n) is 7.34. The van der Waals surface area contributed by atoms with Crippen LogP contribution in [-0.2, 0) is 0 Å². The van der Waals surface area contributed by atoms with E-state index in [1.54, 1.807) is 0 Å². The summed E-state index contributed by atoms with van der Waals surface area (Å²) in [6.07, 6.45) is 4.29. The van der Waals surface area contributed by atoms with E-state index >= 15 is 0 Å². The number of rotatable bonds is 0. The quantitative estimate of drug-likeness (QED) is 0.552. The van der Waals surface area contributed by atoms with Crippen molar-refractivity contribution in [3.05, 3.63) is 0 Å².